The third-order valence-electron chi connectivity index (χ3n) is 7.23. The number of aromatic hydroxyl groups is 1. The monoisotopic (exact) mass is 751 g/mol. The van der Waals surface area contributed by atoms with Crippen LogP contribution in [0.3, 0.4) is 0 Å². The minimum atomic E-state index is -0.393. The topological polar surface area (TPSA) is 210 Å². The Kier molecular flexibility index (Phi) is 32.8. The number of carbonyl (C=O) groups excluding carboxylic acids is 4. The highest BCUT2D eigenvalue weighted by Gasteiger charge is 2.15. The maximum absolute atomic E-state index is 12.2. The number of nitrogens with two attached hydrogens (primary N) is 2. The molecule has 0 aliphatic carbocycles. The highest BCUT2D eigenvalue weighted by atomic mass is 16.5. The number of hydrogen-bond acceptors (Lipinski definition) is 9. The van der Waals surface area contributed by atoms with Gasteiger partial charge in [0.15, 0.2) is 5.96 Å². The predicted octanol–water partition coefficient (Wildman–Crippen LogP) is 5.40. The molecule has 3 amide bonds. The third-order valence-corrected chi connectivity index (χ3v) is 7.23. The van der Waals surface area contributed by atoms with Crippen molar-refractivity contribution in [3.8, 4) is 11.5 Å². The van der Waals surface area contributed by atoms with Gasteiger partial charge < -0.3 is 46.9 Å². The Hall–Kier alpha value is -5.27. The molecule has 3 aromatic carbocycles. The van der Waals surface area contributed by atoms with Crippen LogP contribution in [0, 0.1) is 0 Å². The van der Waals surface area contributed by atoms with E-state index >= 15 is 0 Å². The van der Waals surface area contributed by atoms with Crippen molar-refractivity contribution in [1.82, 2.24) is 21.3 Å². The van der Waals surface area contributed by atoms with E-state index in [1.165, 1.54) is 0 Å². The lowest BCUT2D eigenvalue weighted by Crippen LogP contribution is -2.43. The molecule has 13 nitrogen and oxygen atoms in total. The van der Waals surface area contributed by atoms with Gasteiger partial charge >= 0.3 is 6.03 Å². The van der Waals surface area contributed by atoms with Crippen molar-refractivity contribution in [3.63, 3.8) is 0 Å². The number of nitrogens with zero attached hydrogens (tertiary/aromatic N) is 1. The number of amides is 3. The van der Waals surface area contributed by atoms with Crippen LogP contribution >= 0.6 is 0 Å². The van der Waals surface area contributed by atoms with Gasteiger partial charge in [0.2, 0.25) is 5.91 Å². The van der Waals surface area contributed by atoms with E-state index in [4.69, 9.17) is 21.0 Å². The van der Waals surface area contributed by atoms with E-state index in [1.807, 2.05) is 89.1 Å². The summed E-state index contributed by atoms with van der Waals surface area (Å²) in [5.41, 5.74) is 14.0. The zero-order valence-electron chi connectivity index (χ0n) is 33.1. The Morgan fingerprint density at radius 1 is 0.870 bits per heavy atom. The summed E-state index contributed by atoms with van der Waals surface area (Å²) in [6.45, 7) is 14.5. The van der Waals surface area contributed by atoms with E-state index in [1.54, 1.807) is 38.2 Å². The minimum absolute atomic E-state index is 0.0498. The average molecular weight is 752 g/mol. The molecule has 0 spiro atoms. The van der Waals surface area contributed by atoms with Crippen molar-refractivity contribution < 1.29 is 29.0 Å². The molecule has 0 heterocycles. The number of hydrogen-bond donors (Lipinski definition) is 7. The van der Waals surface area contributed by atoms with Crippen molar-refractivity contribution in [2.75, 3.05) is 33.3 Å². The third kappa shape index (κ3) is 23.3. The second kappa shape index (κ2) is 34.8. The Labute approximate surface area is 322 Å². The van der Waals surface area contributed by atoms with Crippen LogP contribution in [-0.4, -0.2) is 75.4 Å². The molecule has 0 aliphatic heterocycles. The Morgan fingerprint density at radius 3 is 2.04 bits per heavy atom. The van der Waals surface area contributed by atoms with Gasteiger partial charge in [-0.1, -0.05) is 82.3 Å². The Balaban J connectivity index is 0. The average Bonchev–Trinajstić information content (AvgIpc) is 3.21. The van der Waals surface area contributed by atoms with Crippen LogP contribution in [0.5, 0.6) is 11.5 Å². The number of aliphatic imine (C=N–C) groups is 1. The number of phenolic OH excluding ortho intramolecular Hbond substituents is 1. The molecule has 0 saturated heterocycles. The summed E-state index contributed by atoms with van der Waals surface area (Å²) < 4.78 is 5.70. The quantitative estimate of drug-likeness (QED) is 0.0383. The number of nitrogens with one attached hydrogen (secondary N) is 4. The van der Waals surface area contributed by atoms with E-state index in [-0.39, 0.29) is 29.6 Å². The zero-order chi connectivity index (χ0) is 41.0. The molecule has 0 aliphatic rings. The van der Waals surface area contributed by atoms with E-state index < -0.39 is 6.03 Å². The Bertz CT molecular complexity index is 1390. The number of phenols is 1. The normalized spacial score (nSPS) is 11.1. The van der Waals surface area contributed by atoms with Crippen molar-refractivity contribution in [2.45, 2.75) is 85.2 Å². The minimum Gasteiger partial charge on any atom is -0.508 e. The van der Waals surface area contributed by atoms with E-state index in [9.17, 15) is 19.5 Å². The van der Waals surface area contributed by atoms with E-state index in [0.29, 0.717) is 39.1 Å². The summed E-state index contributed by atoms with van der Waals surface area (Å²) in [5, 5.41) is 20.0. The first kappa shape index (κ1) is 50.8. The fraction of sp³-hybridized carbons (Fsp3) is 0.439. The van der Waals surface area contributed by atoms with E-state index in [0.717, 1.165) is 54.5 Å². The summed E-state index contributed by atoms with van der Waals surface area (Å²) in [6.07, 6.45) is 5.35. The van der Waals surface area contributed by atoms with Gasteiger partial charge in [-0.2, -0.15) is 0 Å². The number of benzene rings is 3. The lowest BCUT2D eigenvalue weighted by molar-refractivity contribution is -0.123. The van der Waals surface area contributed by atoms with Crippen molar-refractivity contribution in [1.29, 1.82) is 0 Å². The highest BCUT2D eigenvalue weighted by Crippen LogP contribution is 2.24. The van der Waals surface area contributed by atoms with Crippen molar-refractivity contribution >= 4 is 31.0 Å². The van der Waals surface area contributed by atoms with E-state index in [2.05, 4.69) is 26.3 Å². The van der Waals surface area contributed by atoms with Gasteiger partial charge in [0.05, 0.1) is 18.6 Å². The molecule has 0 bridgehead atoms. The molecule has 2 atom stereocenters. The van der Waals surface area contributed by atoms with Crippen LogP contribution in [0.2, 0.25) is 0 Å². The fourth-order valence-corrected chi connectivity index (χ4v) is 4.58. The molecule has 9 N–H and O–H groups in total. The molecule has 54 heavy (non-hydrogen) atoms. The van der Waals surface area contributed by atoms with Crippen LogP contribution < -0.4 is 37.5 Å². The Morgan fingerprint density at radius 2 is 1.48 bits per heavy atom. The van der Waals surface area contributed by atoms with Crippen molar-refractivity contribution in [2.24, 2.45) is 16.5 Å². The van der Waals surface area contributed by atoms with Crippen LogP contribution in [0.1, 0.15) is 89.3 Å². The van der Waals surface area contributed by atoms with Crippen LogP contribution in [0.4, 0.5) is 4.79 Å². The second-order valence-corrected chi connectivity index (χ2v) is 10.9. The molecule has 0 aromatic heterocycles. The lowest BCUT2D eigenvalue weighted by Gasteiger charge is -2.15. The maximum Gasteiger partial charge on any atom is 0.321 e. The predicted molar refractivity (Wildman–Crippen MR) is 220 cm³/mol. The molecular weight excluding hydrogens is 686 g/mol. The van der Waals surface area contributed by atoms with Crippen LogP contribution in [0.25, 0.3) is 0 Å². The van der Waals surface area contributed by atoms with Gasteiger partial charge in [-0.3, -0.25) is 15.1 Å². The molecule has 3 aromatic rings. The number of carbonyl (C=O) groups is 4. The first-order chi connectivity index (χ1) is 26.3. The van der Waals surface area contributed by atoms with Crippen molar-refractivity contribution in [3.05, 3.63) is 95.6 Å². The molecule has 13 heteroatoms. The van der Waals surface area contributed by atoms with Gasteiger partial charge in [0, 0.05) is 19.6 Å². The first-order valence-electron chi connectivity index (χ1n) is 18.6. The van der Waals surface area contributed by atoms with Gasteiger partial charge in [0.1, 0.15) is 24.6 Å². The number of urea groups is 1. The number of unbranched alkanes of at least 4 members (excludes halogenated alkanes) is 2. The smallest absolute Gasteiger partial charge is 0.321 e. The SMILES string of the molecule is C=O.CC.CC.CCNC(=O)NC(N)=NCCCC(NC)C(=O)NCc1ccc(O)cc1.NCCCCCOc1ccc(C(C=O)c2ccccc2)cc1. The van der Waals surface area contributed by atoms with Gasteiger partial charge in [0.25, 0.3) is 0 Å². The van der Waals surface area contributed by atoms with Crippen LogP contribution in [-0.2, 0) is 20.9 Å². The molecule has 0 radical (unpaired) electrons. The summed E-state index contributed by atoms with van der Waals surface area (Å²) in [5.74, 6) is 0.746. The zero-order valence-corrected chi connectivity index (χ0v) is 33.1. The summed E-state index contributed by atoms with van der Waals surface area (Å²) in [4.78, 5) is 47.0. The molecule has 2 unspecified atom stereocenters. The lowest BCUT2D eigenvalue weighted by atomic mass is 9.93. The summed E-state index contributed by atoms with van der Waals surface area (Å²) >= 11 is 0. The number of ether oxygens (including phenoxy) is 1. The van der Waals surface area contributed by atoms with Crippen LogP contribution in [0.15, 0.2) is 83.9 Å². The number of rotatable bonds is 18. The molecule has 3 rings (SSSR count). The van der Waals surface area contributed by atoms with Gasteiger partial charge in [-0.05, 0) is 93.6 Å². The van der Waals surface area contributed by atoms with Gasteiger partial charge in [-0.25, -0.2) is 4.79 Å². The first-order valence-corrected chi connectivity index (χ1v) is 18.6. The summed E-state index contributed by atoms with van der Waals surface area (Å²) in [7, 11) is 1.72. The fourth-order valence-electron chi connectivity index (χ4n) is 4.58. The second-order valence-electron chi connectivity index (χ2n) is 10.9. The number of guanidine groups is 1. The standard InChI is InChI=1S/C19H23NO2.C17H28N6O3.2C2H6.CH2O/c20-13-5-2-6-14-22-18-11-9-17(10-12-18)19(15-21)16-7-3-1-4-8-16;1-3-20-17(26)23-16(18)21-10-4-5-14(19-2)15(25)22-11-12-6-8-13(24)9-7-12;3*1-2/h1,3-4,7-12,15,19H,2,5-6,13-14,20H2;6-9,14,19,24H,3-5,10-11H2,1-2H3,(H,22,25)(H4,18,20,21,23,26);2*1-2H3;1H2. The highest BCUT2D eigenvalue weighted by molar-refractivity contribution is 5.95. The molecule has 0 fully saturated rings. The van der Waals surface area contributed by atoms with Gasteiger partial charge in [-0.15, -0.1) is 0 Å². The molecule has 300 valence electrons. The molecular formula is C41H65N7O6. The number of likely N-dealkylation sites (N-methyl/N-ethyl adjacent to an activating group) is 1. The largest absolute Gasteiger partial charge is 0.508 e. The maximum atomic E-state index is 12.2. The molecule has 0 saturated carbocycles. The number of aldehydes is 1. The summed E-state index contributed by atoms with van der Waals surface area (Å²) in [6, 6.07) is 23.5.